The van der Waals surface area contributed by atoms with Gasteiger partial charge in [0.05, 0.1) is 0 Å². The lowest BCUT2D eigenvalue weighted by Gasteiger charge is -1.95. The van der Waals surface area contributed by atoms with Gasteiger partial charge in [-0.15, -0.1) is 5.10 Å². The van der Waals surface area contributed by atoms with Gasteiger partial charge < -0.3 is 5.73 Å². The fourth-order valence-electron chi connectivity index (χ4n) is 0.951. The lowest BCUT2D eigenvalue weighted by atomic mass is 10.6. The molecule has 0 aliphatic rings. The van der Waals surface area contributed by atoms with Crippen molar-refractivity contribution in [3.8, 4) is 0 Å². The molecule has 0 fully saturated rings. The first-order valence-electron chi connectivity index (χ1n) is 3.32. The van der Waals surface area contributed by atoms with Crippen LogP contribution in [-0.2, 0) is 0 Å². The van der Waals surface area contributed by atoms with Crippen molar-refractivity contribution < 1.29 is 0 Å². The molecule has 0 aliphatic carbocycles. The van der Waals surface area contributed by atoms with E-state index in [1.54, 1.807) is 16.8 Å². The average molecular weight is 181 g/mol. The molecule has 2 heterocycles. The molecule has 2 aromatic heterocycles. The molecule has 0 aliphatic heterocycles. The summed E-state index contributed by atoms with van der Waals surface area (Å²) in [7, 11) is 0. The third-order valence-corrected chi connectivity index (χ3v) is 2.06. The van der Waals surface area contributed by atoms with E-state index in [0.29, 0.717) is 0 Å². The number of hydrogen-bond acceptors (Lipinski definition) is 5. The quantitative estimate of drug-likeness (QED) is 0.510. The van der Waals surface area contributed by atoms with Gasteiger partial charge in [0.15, 0.2) is 10.8 Å². The molecule has 0 amide bonds. The van der Waals surface area contributed by atoms with E-state index < -0.39 is 0 Å². The lowest BCUT2D eigenvalue weighted by molar-refractivity contribution is 0.799. The lowest BCUT2D eigenvalue weighted by Crippen LogP contribution is -1.95. The summed E-state index contributed by atoms with van der Waals surface area (Å²) in [6.07, 6.45) is 3.62. The number of rotatable bonds is 1. The van der Waals surface area contributed by atoms with Gasteiger partial charge in [-0.25, -0.2) is 4.98 Å². The van der Waals surface area contributed by atoms with Gasteiger partial charge in [-0.1, -0.05) is 11.8 Å². The Hall–Kier alpha value is -1.30. The average Bonchev–Trinajstić information content (AvgIpc) is 2.44. The van der Waals surface area contributed by atoms with E-state index in [-0.39, 0.29) is 5.95 Å². The summed E-state index contributed by atoms with van der Waals surface area (Å²) >= 11 is 1.51. The molecule has 62 valence electrons. The number of hydrogen-bond donors (Lipinski definition) is 1. The molecule has 12 heavy (non-hydrogen) atoms. The minimum Gasteiger partial charge on any atom is -0.366 e. The number of fused-ring (bicyclic) bond motifs is 1. The second-order valence-corrected chi connectivity index (χ2v) is 2.94. The molecule has 2 N–H and O–H groups in total. The molecular formula is C6H7N5S. The van der Waals surface area contributed by atoms with Crippen molar-refractivity contribution in [3.63, 3.8) is 0 Å². The van der Waals surface area contributed by atoms with Crippen molar-refractivity contribution in [2.45, 2.75) is 5.16 Å². The molecule has 0 saturated heterocycles. The summed E-state index contributed by atoms with van der Waals surface area (Å²) in [5.41, 5.74) is 6.16. The minimum atomic E-state index is 0.276. The van der Waals surface area contributed by atoms with Gasteiger partial charge in [0, 0.05) is 12.3 Å². The fraction of sp³-hybridized carbons (Fsp3) is 0.167. The molecule has 2 rings (SSSR count). The summed E-state index contributed by atoms with van der Waals surface area (Å²) in [6, 6.07) is 1.77. The summed E-state index contributed by atoms with van der Waals surface area (Å²) in [5, 5.41) is 4.77. The molecular weight excluding hydrogens is 174 g/mol. The maximum atomic E-state index is 5.43. The maximum absolute atomic E-state index is 5.43. The van der Waals surface area contributed by atoms with Gasteiger partial charge in [-0.3, -0.25) is 0 Å². The standard InChI is InChI=1S/C6H7N5S/c1-12-6-8-3-2-4-9-5(7)10-11(4)6/h2-3H,1H3,(H2,7,10). The third kappa shape index (κ3) is 1.00. The highest BCUT2D eigenvalue weighted by Gasteiger charge is 2.03. The van der Waals surface area contributed by atoms with Crippen molar-refractivity contribution in [3.05, 3.63) is 12.3 Å². The van der Waals surface area contributed by atoms with Crippen molar-refractivity contribution in [1.82, 2.24) is 19.6 Å². The second kappa shape index (κ2) is 2.63. The Labute approximate surface area is 73.0 Å². The van der Waals surface area contributed by atoms with Gasteiger partial charge >= 0.3 is 0 Å². The zero-order chi connectivity index (χ0) is 8.55. The monoisotopic (exact) mass is 181 g/mol. The molecule has 0 radical (unpaired) electrons. The Kier molecular flexibility index (Phi) is 1.61. The zero-order valence-electron chi connectivity index (χ0n) is 6.43. The Morgan fingerprint density at radius 1 is 1.58 bits per heavy atom. The molecule has 6 heteroatoms. The first kappa shape index (κ1) is 7.35. The summed E-state index contributed by atoms with van der Waals surface area (Å²) < 4.78 is 1.62. The Morgan fingerprint density at radius 3 is 3.17 bits per heavy atom. The molecule has 2 aromatic rings. The van der Waals surface area contributed by atoms with Gasteiger partial charge in [0.25, 0.3) is 0 Å². The number of anilines is 1. The van der Waals surface area contributed by atoms with Crippen LogP contribution in [0, 0.1) is 0 Å². The van der Waals surface area contributed by atoms with E-state index in [1.165, 1.54) is 11.8 Å². The molecule has 0 unspecified atom stereocenters. The molecule has 0 bridgehead atoms. The molecule has 0 atom stereocenters. The number of thioether (sulfide) groups is 1. The van der Waals surface area contributed by atoms with E-state index in [0.717, 1.165) is 10.8 Å². The highest BCUT2D eigenvalue weighted by molar-refractivity contribution is 7.98. The molecule has 5 nitrogen and oxygen atoms in total. The van der Waals surface area contributed by atoms with Gasteiger partial charge in [0.2, 0.25) is 5.95 Å². The van der Waals surface area contributed by atoms with E-state index in [9.17, 15) is 0 Å². The predicted octanol–water partition coefficient (Wildman–Crippen LogP) is 0.428. The van der Waals surface area contributed by atoms with Crippen LogP contribution in [0.4, 0.5) is 5.95 Å². The second-order valence-electron chi connectivity index (χ2n) is 2.17. The van der Waals surface area contributed by atoms with E-state index in [1.807, 2.05) is 6.26 Å². The fourth-order valence-corrected chi connectivity index (χ4v) is 1.42. The van der Waals surface area contributed by atoms with Crippen molar-refractivity contribution in [2.24, 2.45) is 0 Å². The number of nitrogens with zero attached hydrogens (tertiary/aromatic N) is 4. The van der Waals surface area contributed by atoms with Gasteiger partial charge in [-0.05, 0) is 6.26 Å². The SMILES string of the molecule is CSc1nccc2nc(N)nn12. The highest BCUT2D eigenvalue weighted by atomic mass is 32.2. The highest BCUT2D eigenvalue weighted by Crippen LogP contribution is 2.12. The topological polar surface area (TPSA) is 69.1 Å². The van der Waals surface area contributed by atoms with E-state index >= 15 is 0 Å². The summed E-state index contributed by atoms with van der Waals surface area (Å²) in [6.45, 7) is 0. The van der Waals surface area contributed by atoms with Crippen LogP contribution in [0.3, 0.4) is 0 Å². The van der Waals surface area contributed by atoms with Crippen LogP contribution in [0.1, 0.15) is 0 Å². The Morgan fingerprint density at radius 2 is 2.42 bits per heavy atom. The normalized spacial score (nSPS) is 10.8. The predicted molar refractivity (Wildman–Crippen MR) is 47.0 cm³/mol. The molecule has 0 spiro atoms. The smallest absolute Gasteiger partial charge is 0.240 e. The first-order valence-corrected chi connectivity index (χ1v) is 4.55. The van der Waals surface area contributed by atoms with Crippen molar-refractivity contribution in [1.29, 1.82) is 0 Å². The Bertz CT molecular complexity index is 409. The number of aromatic nitrogens is 4. The van der Waals surface area contributed by atoms with Gasteiger partial charge in [0.1, 0.15) is 0 Å². The van der Waals surface area contributed by atoms with Crippen LogP contribution < -0.4 is 5.73 Å². The molecule has 0 saturated carbocycles. The van der Waals surface area contributed by atoms with Crippen LogP contribution in [-0.4, -0.2) is 25.8 Å². The minimum absolute atomic E-state index is 0.276. The van der Waals surface area contributed by atoms with Crippen LogP contribution in [0.15, 0.2) is 17.4 Å². The van der Waals surface area contributed by atoms with Crippen molar-refractivity contribution >= 4 is 23.4 Å². The Balaban J connectivity index is 2.78. The third-order valence-electron chi connectivity index (χ3n) is 1.42. The zero-order valence-corrected chi connectivity index (χ0v) is 7.25. The molecule has 0 aromatic carbocycles. The van der Waals surface area contributed by atoms with E-state index in [4.69, 9.17) is 5.73 Å². The first-order chi connectivity index (χ1) is 5.81. The summed E-state index contributed by atoms with van der Waals surface area (Å²) in [5.74, 6) is 0.276. The van der Waals surface area contributed by atoms with E-state index in [2.05, 4.69) is 15.1 Å². The van der Waals surface area contributed by atoms with Crippen LogP contribution >= 0.6 is 11.8 Å². The largest absolute Gasteiger partial charge is 0.366 e. The van der Waals surface area contributed by atoms with Gasteiger partial charge in [-0.2, -0.15) is 9.50 Å². The number of nitrogen functional groups attached to an aromatic ring is 1. The number of nitrogens with two attached hydrogens (primary N) is 1. The maximum Gasteiger partial charge on any atom is 0.240 e. The summed E-state index contributed by atoms with van der Waals surface area (Å²) in [4.78, 5) is 8.10. The van der Waals surface area contributed by atoms with Crippen molar-refractivity contribution in [2.75, 3.05) is 12.0 Å². The van der Waals surface area contributed by atoms with Crippen LogP contribution in [0.2, 0.25) is 0 Å². The van der Waals surface area contributed by atoms with Crippen LogP contribution in [0.5, 0.6) is 0 Å². The van der Waals surface area contributed by atoms with Crippen LogP contribution in [0.25, 0.3) is 5.65 Å².